The molecule has 0 unspecified atom stereocenters. The molecule has 4 aromatic carbocycles. The summed E-state index contributed by atoms with van der Waals surface area (Å²) < 4.78 is 64.1. The van der Waals surface area contributed by atoms with Gasteiger partial charge in [-0.1, -0.05) is 6.07 Å². The standard InChI is InChI=1S/C22H25N3O3.C21H24N4O3.C20H21FN4O2.C20H22N4O3.C18H19N5O2/c1-15-13-24(9-8-23-15)19-6-5-18-10-17(12-22(26)25(18)14-19)16-4-7-20(27-2)21(11-16)28-3;1-14-12-24(9-8-22-14)15-4-7-20-23-18(11-21(26)25(20)13-15)17-6-5-16(27-2)10-19(17)28-3;1-13-11-24(8-7-22-13)15-4-6-19-23-17(10-20(26)25(19)12-15)14-3-5-18(27-2)16(21)9-14;1-26-15-4-5-16(18(11-15)27-2)17-12-20(25)24-13-14(3-6-19(24)22-17)23-9-7-21-8-10-23;1-25-17-5-2-13(11-20-17)15-10-18(24)23-12-14(3-4-16(23)21-15)22-8-6-19-7-9-22/h4-7,10-12,14-15,23H,8-9,13H2,1-3H3;4-7,10-11,13-14,22H,8-9,12H2,1-3H3;3-6,9-10,12-13,22H,7-8,11H2,1-2H3;3-6,11-13,21H,7-10H2,1-2H3;2-5,10-12,19H,6-9H2,1H3/t15-;14-;13-;;/m000../s1. The third kappa shape index (κ3) is 21.7. The monoisotopic (exact) mass is 1830 g/mol. The topological polar surface area (TPSA) is 322 Å². The number of ether oxygens (including phenoxy) is 8. The second kappa shape index (κ2) is 42.7. The molecule has 0 bridgehead atoms. The molecule has 3 atom stereocenters. The van der Waals surface area contributed by atoms with Crippen LogP contribution in [0.1, 0.15) is 20.8 Å². The molecule has 5 N–H and O–H groups in total. The number of rotatable bonds is 18. The minimum atomic E-state index is -0.486. The maximum atomic E-state index is 14.0. The van der Waals surface area contributed by atoms with E-state index in [0.29, 0.717) is 109 Å². The van der Waals surface area contributed by atoms with Gasteiger partial charge in [0.1, 0.15) is 45.6 Å². The zero-order valence-corrected chi connectivity index (χ0v) is 77.4. The van der Waals surface area contributed by atoms with Gasteiger partial charge in [-0.05, 0) is 159 Å². The minimum Gasteiger partial charge on any atom is -0.497 e. The highest BCUT2D eigenvalue weighted by molar-refractivity contribution is 5.75. The molecular formula is C101H111FN20O13. The molecule has 700 valence electrons. The number of hydrogen-bond donors (Lipinski definition) is 5. The first-order chi connectivity index (χ1) is 65.6. The number of anilines is 5. The van der Waals surface area contributed by atoms with E-state index in [1.807, 2.05) is 140 Å². The van der Waals surface area contributed by atoms with Crippen molar-refractivity contribution in [2.45, 2.75) is 38.9 Å². The Morgan fingerprint density at radius 3 is 1.07 bits per heavy atom. The quantitative estimate of drug-likeness (QED) is 0.0533. The number of pyridine rings is 7. The smallest absolute Gasteiger partial charge is 0.258 e. The van der Waals surface area contributed by atoms with Gasteiger partial charge in [0.2, 0.25) is 5.88 Å². The van der Waals surface area contributed by atoms with E-state index >= 15 is 0 Å². The number of nitrogens with zero attached hydrogens (tertiary/aromatic N) is 15. The summed E-state index contributed by atoms with van der Waals surface area (Å²) >= 11 is 0. The van der Waals surface area contributed by atoms with Crippen molar-refractivity contribution in [3.8, 4) is 102 Å². The molecule has 135 heavy (non-hydrogen) atoms. The Morgan fingerprint density at radius 1 is 0.304 bits per heavy atom. The van der Waals surface area contributed by atoms with Crippen molar-refractivity contribution in [1.82, 2.24) is 73.5 Å². The fourth-order valence-corrected chi connectivity index (χ4v) is 17.1. The molecular weight excluding hydrogens is 1720 g/mol. The van der Waals surface area contributed by atoms with Crippen LogP contribution in [0, 0.1) is 5.82 Å². The van der Waals surface area contributed by atoms with Gasteiger partial charge in [0.15, 0.2) is 23.1 Å². The number of piperazine rings is 5. The summed E-state index contributed by atoms with van der Waals surface area (Å²) in [5, 5.41) is 16.9. The number of fused-ring (bicyclic) bond motifs is 5. The molecule has 0 radical (unpaired) electrons. The van der Waals surface area contributed by atoms with Crippen LogP contribution in [0.4, 0.5) is 32.8 Å². The lowest BCUT2D eigenvalue weighted by molar-refractivity contribution is 0.355. The van der Waals surface area contributed by atoms with E-state index in [1.165, 1.54) is 35.8 Å². The van der Waals surface area contributed by atoms with Crippen molar-refractivity contribution in [1.29, 1.82) is 0 Å². The summed E-state index contributed by atoms with van der Waals surface area (Å²) in [6.07, 6.45) is 11.0. The van der Waals surface area contributed by atoms with Crippen LogP contribution >= 0.6 is 0 Å². The number of hydrogen-bond acceptors (Lipinski definition) is 28. The highest BCUT2D eigenvalue weighted by atomic mass is 19.1. The maximum Gasteiger partial charge on any atom is 0.258 e. The Labute approximate surface area is 778 Å². The highest BCUT2D eigenvalue weighted by Crippen LogP contribution is 2.37. The van der Waals surface area contributed by atoms with Crippen molar-refractivity contribution in [3.05, 3.63) is 277 Å². The Bertz CT molecular complexity index is 7090. The zero-order valence-electron chi connectivity index (χ0n) is 77.4. The molecule has 0 spiro atoms. The van der Waals surface area contributed by atoms with Gasteiger partial charge < -0.3 is 89.0 Å². The van der Waals surface area contributed by atoms with Crippen molar-refractivity contribution in [3.63, 3.8) is 0 Å². The second-order valence-corrected chi connectivity index (χ2v) is 33.2. The van der Waals surface area contributed by atoms with Gasteiger partial charge in [-0.3, -0.25) is 46.0 Å². The third-order valence-electron chi connectivity index (χ3n) is 24.3. The largest absolute Gasteiger partial charge is 0.497 e. The van der Waals surface area contributed by atoms with E-state index in [-0.39, 0.29) is 33.5 Å². The van der Waals surface area contributed by atoms with Crippen LogP contribution < -0.4 is 117 Å². The summed E-state index contributed by atoms with van der Waals surface area (Å²) in [5.41, 5.74) is 14.6. The number of aromatic nitrogens is 10. The van der Waals surface area contributed by atoms with Gasteiger partial charge in [-0.25, -0.2) is 29.3 Å². The van der Waals surface area contributed by atoms with E-state index in [0.717, 1.165) is 173 Å². The lowest BCUT2D eigenvalue weighted by Gasteiger charge is -2.33. The van der Waals surface area contributed by atoms with Crippen molar-refractivity contribution < 1.29 is 42.3 Å². The fraction of sp³-hybridized carbons (Fsp3) is 0.307. The predicted octanol–water partition coefficient (Wildman–Crippen LogP) is 10.2. The van der Waals surface area contributed by atoms with Gasteiger partial charge >= 0.3 is 0 Å². The number of nitrogens with one attached hydrogen (secondary N) is 5. The molecule has 20 rings (SSSR count). The minimum absolute atomic E-state index is 0.0488. The molecule has 0 amide bonds. The highest BCUT2D eigenvalue weighted by Gasteiger charge is 2.24. The van der Waals surface area contributed by atoms with Crippen LogP contribution in [0.3, 0.4) is 0 Å². The number of methoxy groups -OCH3 is 8. The Morgan fingerprint density at radius 2 is 0.674 bits per heavy atom. The third-order valence-corrected chi connectivity index (χ3v) is 24.3. The molecule has 5 saturated heterocycles. The van der Waals surface area contributed by atoms with Gasteiger partial charge in [-0.2, -0.15) is 0 Å². The fourth-order valence-electron chi connectivity index (χ4n) is 17.1. The number of halogens is 1. The van der Waals surface area contributed by atoms with Crippen LogP contribution in [-0.4, -0.2) is 233 Å². The average Bonchev–Trinajstić information content (AvgIpc) is 0.839. The summed E-state index contributed by atoms with van der Waals surface area (Å²) in [6, 6.07) is 55.4. The van der Waals surface area contributed by atoms with Crippen LogP contribution in [0.2, 0.25) is 0 Å². The van der Waals surface area contributed by atoms with E-state index in [9.17, 15) is 28.4 Å². The lowest BCUT2D eigenvalue weighted by Crippen LogP contribution is -2.49. The Balaban J connectivity index is 0.000000123. The predicted molar refractivity (Wildman–Crippen MR) is 526 cm³/mol. The van der Waals surface area contributed by atoms with Gasteiger partial charge in [0.25, 0.3) is 27.8 Å². The normalized spacial score (nSPS) is 16.1. The Kier molecular flexibility index (Phi) is 29.5. The summed E-state index contributed by atoms with van der Waals surface area (Å²) in [5.74, 6) is 4.11. The summed E-state index contributed by atoms with van der Waals surface area (Å²) in [4.78, 5) is 97.7. The van der Waals surface area contributed by atoms with Crippen molar-refractivity contribution in [2.75, 3.05) is 193 Å². The summed E-state index contributed by atoms with van der Waals surface area (Å²) in [6.45, 7) is 22.3. The molecule has 5 fully saturated rings. The molecule has 0 aliphatic carbocycles. The van der Waals surface area contributed by atoms with Crippen molar-refractivity contribution >= 4 is 56.5 Å². The second-order valence-electron chi connectivity index (χ2n) is 33.2. The van der Waals surface area contributed by atoms with Crippen LogP contribution in [0.15, 0.2) is 243 Å². The van der Waals surface area contributed by atoms with E-state index in [2.05, 4.69) is 103 Å². The van der Waals surface area contributed by atoms with Gasteiger partial charge in [0, 0.05) is 243 Å². The molecule has 5 aliphatic heterocycles. The SMILES string of the molecule is COc1ccc(-c2cc(=O)n3cc(N4CCNCC4)ccc3n2)c(OC)c1.COc1ccc(-c2cc(=O)n3cc(N4CCNCC4)ccc3n2)cn1.COc1ccc(-c2cc(=O)n3cc(N4CCN[C@@H](C)C4)ccc3c2)cc1OC.COc1ccc(-c2cc(=O)n3cc(N4CCN[C@@H](C)C4)ccc3n2)c(OC)c1.COc1ccc(-c2cc(=O)n3cc(N4CCN[C@@H](C)C4)ccc3n2)cc1F. The molecule has 0 saturated carbocycles. The van der Waals surface area contributed by atoms with Crippen LogP contribution in [0.5, 0.6) is 46.1 Å². The van der Waals surface area contributed by atoms with Gasteiger partial charge in [-0.15, -0.1) is 0 Å². The van der Waals surface area contributed by atoms with Crippen molar-refractivity contribution in [2.24, 2.45) is 0 Å². The van der Waals surface area contributed by atoms with E-state index in [4.69, 9.17) is 37.9 Å². The first-order valence-corrected chi connectivity index (χ1v) is 44.8. The first-order valence-electron chi connectivity index (χ1n) is 44.8. The average molecular weight is 1830 g/mol. The molecule has 34 heteroatoms. The van der Waals surface area contributed by atoms with E-state index < -0.39 is 5.82 Å². The van der Waals surface area contributed by atoms with Crippen LogP contribution in [0.25, 0.3) is 84.3 Å². The summed E-state index contributed by atoms with van der Waals surface area (Å²) in [7, 11) is 12.6. The Hall–Kier alpha value is -15.0. The molecule has 33 nitrogen and oxygen atoms in total. The molecule has 16 heterocycles. The molecule has 15 aromatic rings. The van der Waals surface area contributed by atoms with E-state index in [1.54, 1.807) is 116 Å². The first kappa shape index (κ1) is 93.3. The van der Waals surface area contributed by atoms with Crippen LogP contribution in [-0.2, 0) is 0 Å². The maximum absolute atomic E-state index is 14.0. The zero-order chi connectivity index (χ0) is 94.3. The lowest BCUT2D eigenvalue weighted by atomic mass is 10.1. The number of benzene rings is 4. The molecule has 11 aromatic heterocycles. The van der Waals surface area contributed by atoms with Gasteiger partial charge in [0.05, 0.1) is 108 Å². The molecule has 5 aliphatic rings.